The maximum absolute atomic E-state index is 11.5. The topological polar surface area (TPSA) is 134 Å². The molecule has 3 unspecified atom stereocenters. The van der Waals surface area contributed by atoms with Crippen LogP contribution in [-0.4, -0.2) is 51.2 Å². The molecular formula is C12H20N2O7. The van der Waals surface area contributed by atoms with Crippen molar-refractivity contribution < 1.29 is 24.8 Å². The van der Waals surface area contributed by atoms with Gasteiger partial charge in [-0.05, 0) is 6.42 Å². The summed E-state index contributed by atoms with van der Waals surface area (Å²) in [6.45, 7) is 0.270. The summed E-state index contributed by atoms with van der Waals surface area (Å²) in [7, 11) is 1.20. The van der Waals surface area contributed by atoms with E-state index < -0.39 is 24.0 Å². The molecule has 3 atom stereocenters. The molecule has 1 aliphatic rings. The number of aromatic nitrogens is 2. The molecule has 120 valence electrons. The largest absolute Gasteiger partial charge is 0.394 e. The Hall–Kier alpha value is -1.52. The lowest BCUT2D eigenvalue weighted by Crippen LogP contribution is -2.33. The second-order valence-corrected chi connectivity index (χ2v) is 4.62. The average molecular weight is 304 g/mol. The molecule has 0 aliphatic carbocycles. The first kappa shape index (κ1) is 17.5. The molecule has 0 amide bonds. The smallest absolute Gasteiger partial charge is 0.330 e. The molecule has 0 bridgehead atoms. The Balaban J connectivity index is 0.000000383. The summed E-state index contributed by atoms with van der Waals surface area (Å²) in [4.78, 5) is 24.6. The van der Waals surface area contributed by atoms with Gasteiger partial charge < -0.3 is 24.8 Å². The van der Waals surface area contributed by atoms with Crippen LogP contribution in [0.15, 0.2) is 21.9 Å². The van der Waals surface area contributed by atoms with Gasteiger partial charge in [0.1, 0.15) is 6.23 Å². The number of nitrogens with zero attached hydrogens (tertiary/aromatic N) is 1. The highest BCUT2D eigenvalue weighted by molar-refractivity contribution is 4.87. The van der Waals surface area contributed by atoms with Crippen molar-refractivity contribution in [3.63, 3.8) is 0 Å². The highest BCUT2D eigenvalue weighted by Gasteiger charge is 2.33. The highest BCUT2D eigenvalue weighted by atomic mass is 16.7. The van der Waals surface area contributed by atoms with E-state index in [1.807, 2.05) is 6.92 Å². The minimum Gasteiger partial charge on any atom is -0.394 e. The van der Waals surface area contributed by atoms with Crippen LogP contribution in [-0.2, 0) is 9.47 Å². The monoisotopic (exact) mass is 304 g/mol. The maximum atomic E-state index is 11.5. The number of aliphatic hydroxyl groups is 3. The highest BCUT2D eigenvalue weighted by Crippen LogP contribution is 2.32. The third kappa shape index (κ3) is 5.06. The van der Waals surface area contributed by atoms with E-state index in [0.29, 0.717) is 6.42 Å². The number of hydrogen-bond acceptors (Lipinski definition) is 7. The van der Waals surface area contributed by atoms with Gasteiger partial charge in [0, 0.05) is 25.3 Å². The second kappa shape index (κ2) is 8.05. The fourth-order valence-electron chi connectivity index (χ4n) is 2.00. The molecule has 0 spiro atoms. The van der Waals surface area contributed by atoms with E-state index in [4.69, 9.17) is 20.1 Å². The van der Waals surface area contributed by atoms with Crippen molar-refractivity contribution in [2.24, 2.45) is 5.92 Å². The van der Waals surface area contributed by atoms with Crippen LogP contribution in [0.3, 0.4) is 0 Å². The Morgan fingerprint density at radius 1 is 1.52 bits per heavy atom. The van der Waals surface area contributed by atoms with Crippen LogP contribution in [0, 0.1) is 5.92 Å². The predicted molar refractivity (Wildman–Crippen MR) is 71.3 cm³/mol. The zero-order valence-corrected chi connectivity index (χ0v) is 11.8. The second-order valence-electron chi connectivity index (χ2n) is 4.62. The van der Waals surface area contributed by atoms with Gasteiger partial charge >= 0.3 is 5.69 Å². The number of H-pyrrole nitrogens is 1. The van der Waals surface area contributed by atoms with Crippen molar-refractivity contribution in [1.82, 2.24) is 9.55 Å². The molecule has 1 aromatic heterocycles. The zero-order chi connectivity index (χ0) is 16.0. The van der Waals surface area contributed by atoms with Crippen molar-refractivity contribution >= 4 is 0 Å². The quantitative estimate of drug-likeness (QED) is 0.492. The number of nitrogens with one attached hydrogen (secondary N) is 1. The summed E-state index contributed by atoms with van der Waals surface area (Å²) in [6.07, 6.45) is 1.47. The lowest BCUT2D eigenvalue weighted by atomic mass is 10.1. The summed E-state index contributed by atoms with van der Waals surface area (Å²) in [5.74, 6) is 0.126. The van der Waals surface area contributed by atoms with Gasteiger partial charge in [-0.25, -0.2) is 4.79 Å². The van der Waals surface area contributed by atoms with Gasteiger partial charge in [0.15, 0.2) is 0 Å². The number of rotatable bonds is 3. The normalized spacial score (nSPS) is 24.8. The molecule has 0 saturated carbocycles. The van der Waals surface area contributed by atoms with Gasteiger partial charge in [-0.2, -0.15) is 0 Å². The van der Waals surface area contributed by atoms with Crippen molar-refractivity contribution in [3.05, 3.63) is 33.1 Å². The van der Waals surface area contributed by atoms with Gasteiger partial charge in [-0.15, -0.1) is 0 Å². The van der Waals surface area contributed by atoms with Crippen molar-refractivity contribution in [2.75, 3.05) is 13.7 Å². The molecule has 1 aromatic rings. The molecule has 9 heteroatoms. The summed E-state index contributed by atoms with van der Waals surface area (Å²) in [6, 6.07) is 1.28. The summed E-state index contributed by atoms with van der Waals surface area (Å²) in [5.41, 5.74) is -0.909. The van der Waals surface area contributed by atoms with Crippen molar-refractivity contribution in [2.45, 2.75) is 32.2 Å². The first-order valence-corrected chi connectivity index (χ1v) is 6.35. The number of methoxy groups -OCH3 is 1. The summed E-state index contributed by atoms with van der Waals surface area (Å²) < 4.78 is 10.7. The molecule has 2 rings (SSSR count). The Kier molecular flexibility index (Phi) is 6.72. The van der Waals surface area contributed by atoms with Gasteiger partial charge in [0.05, 0.1) is 12.7 Å². The Morgan fingerprint density at radius 3 is 2.57 bits per heavy atom. The van der Waals surface area contributed by atoms with Crippen molar-refractivity contribution in [3.8, 4) is 0 Å². The van der Waals surface area contributed by atoms with Crippen LogP contribution in [0.5, 0.6) is 0 Å². The van der Waals surface area contributed by atoms with Gasteiger partial charge in [0.25, 0.3) is 12.0 Å². The SMILES string of the molecule is CC1CC(CO)OC1n1ccc(=O)[nH]c1=O.COC(O)O. The Labute approximate surface area is 120 Å². The predicted octanol–water partition coefficient (Wildman–Crippen LogP) is -1.65. The third-order valence-electron chi connectivity index (χ3n) is 2.99. The molecule has 4 N–H and O–H groups in total. The molecule has 1 fully saturated rings. The fourth-order valence-corrected chi connectivity index (χ4v) is 2.00. The van der Waals surface area contributed by atoms with Crippen molar-refractivity contribution in [1.29, 1.82) is 0 Å². The van der Waals surface area contributed by atoms with E-state index in [-0.39, 0.29) is 18.6 Å². The van der Waals surface area contributed by atoms with E-state index in [0.717, 1.165) is 0 Å². The molecule has 21 heavy (non-hydrogen) atoms. The average Bonchev–Trinajstić information content (AvgIpc) is 2.80. The Morgan fingerprint density at radius 2 is 2.14 bits per heavy atom. The molecule has 2 heterocycles. The molecule has 0 aromatic carbocycles. The van der Waals surface area contributed by atoms with E-state index >= 15 is 0 Å². The summed E-state index contributed by atoms with van der Waals surface area (Å²) >= 11 is 0. The molecule has 9 nitrogen and oxygen atoms in total. The standard InChI is InChI=1S/C10H14N2O4.C2H6O3/c1-6-4-7(5-13)16-9(6)12-3-2-8(14)11-10(12)15;1-5-2(3)4/h2-3,6-7,9,13H,4-5H2,1H3,(H,11,14,15);2-4H,1H3. The van der Waals surface area contributed by atoms with Crippen LogP contribution >= 0.6 is 0 Å². The summed E-state index contributed by atoms with van der Waals surface area (Å²) in [5, 5.41) is 24.4. The first-order valence-electron chi connectivity index (χ1n) is 6.35. The first-order chi connectivity index (χ1) is 9.88. The molecule has 1 saturated heterocycles. The molecule has 1 aliphatic heterocycles. The number of ether oxygens (including phenoxy) is 2. The van der Waals surface area contributed by atoms with E-state index in [1.54, 1.807) is 0 Å². The van der Waals surface area contributed by atoms with Crippen LogP contribution in [0.25, 0.3) is 0 Å². The maximum Gasteiger partial charge on any atom is 0.330 e. The minimum atomic E-state index is -1.62. The van der Waals surface area contributed by atoms with Gasteiger partial charge in [0.2, 0.25) is 0 Å². The van der Waals surface area contributed by atoms with Gasteiger partial charge in [-0.1, -0.05) is 6.92 Å². The number of hydrogen-bond donors (Lipinski definition) is 4. The number of aliphatic hydroxyl groups excluding tert-OH is 2. The van der Waals surface area contributed by atoms with E-state index in [2.05, 4.69) is 9.72 Å². The van der Waals surface area contributed by atoms with Gasteiger partial charge in [-0.3, -0.25) is 14.3 Å². The lowest BCUT2D eigenvalue weighted by molar-refractivity contribution is -0.218. The fraction of sp³-hybridized carbons (Fsp3) is 0.667. The third-order valence-corrected chi connectivity index (χ3v) is 2.99. The molecular weight excluding hydrogens is 284 g/mol. The van der Waals surface area contributed by atoms with Crippen LogP contribution in [0.4, 0.5) is 0 Å². The zero-order valence-electron chi connectivity index (χ0n) is 11.8. The van der Waals surface area contributed by atoms with Crippen LogP contribution < -0.4 is 11.2 Å². The van der Waals surface area contributed by atoms with E-state index in [9.17, 15) is 9.59 Å². The molecule has 0 radical (unpaired) electrons. The Bertz CT molecular complexity index is 539. The lowest BCUT2D eigenvalue weighted by Gasteiger charge is -2.17. The minimum absolute atomic E-state index is 0.0566. The van der Waals surface area contributed by atoms with Crippen LogP contribution in [0.1, 0.15) is 19.6 Å². The number of aromatic amines is 1. The van der Waals surface area contributed by atoms with E-state index in [1.165, 1.54) is 23.9 Å². The van der Waals surface area contributed by atoms with Crippen LogP contribution in [0.2, 0.25) is 0 Å².